The molecule has 1 heterocycles. The van der Waals surface area contributed by atoms with Gasteiger partial charge in [0.1, 0.15) is 5.75 Å². The number of benzene rings is 2. The van der Waals surface area contributed by atoms with E-state index in [0.717, 1.165) is 43.7 Å². The molecular weight excluding hydrogens is 362 g/mol. The van der Waals surface area contributed by atoms with Crippen LogP contribution in [0.25, 0.3) is 0 Å². The summed E-state index contributed by atoms with van der Waals surface area (Å²) >= 11 is 0. The van der Waals surface area contributed by atoms with Crippen LogP contribution in [-0.4, -0.2) is 37.7 Å². The van der Waals surface area contributed by atoms with E-state index in [1.165, 1.54) is 34.7 Å². The minimum absolute atomic E-state index is 0.205. The highest BCUT2D eigenvalue weighted by molar-refractivity contribution is 5.65. The summed E-state index contributed by atoms with van der Waals surface area (Å²) in [7, 11) is 1.73. The molecule has 2 aromatic carbocycles. The predicted octanol–water partition coefficient (Wildman–Crippen LogP) is 4.72. The molecule has 0 radical (unpaired) electrons. The number of carbonyl (C=O) groups is 1. The average molecular weight is 396 g/mol. The van der Waals surface area contributed by atoms with Gasteiger partial charge in [-0.2, -0.15) is 0 Å². The normalized spacial score (nSPS) is 16.4. The van der Waals surface area contributed by atoms with Crippen LogP contribution in [0.1, 0.15) is 52.8 Å². The summed E-state index contributed by atoms with van der Waals surface area (Å²) in [6.45, 7) is 10.4. The van der Waals surface area contributed by atoms with Crippen molar-refractivity contribution in [3.05, 3.63) is 63.7 Å². The Morgan fingerprint density at radius 1 is 1.10 bits per heavy atom. The molecule has 1 aliphatic rings. The van der Waals surface area contributed by atoms with Crippen molar-refractivity contribution in [1.29, 1.82) is 0 Å². The maximum absolute atomic E-state index is 11.1. The fraction of sp³-hybridized carbons (Fsp3) is 0.480. The summed E-state index contributed by atoms with van der Waals surface area (Å²) in [5, 5.41) is 0. The average Bonchev–Trinajstić information content (AvgIpc) is 2.69. The van der Waals surface area contributed by atoms with Gasteiger partial charge in [0.2, 0.25) is 0 Å². The van der Waals surface area contributed by atoms with Gasteiger partial charge in [0.15, 0.2) is 0 Å². The third-order valence-electron chi connectivity index (χ3n) is 6.02. The number of hydrogen-bond donors (Lipinski definition) is 0. The van der Waals surface area contributed by atoms with Gasteiger partial charge in [0.05, 0.1) is 13.7 Å². The third kappa shape index (κ3) is 5.18. The van der Waals surface area contributed by atoms with Crippen LogP contribution in [0, 0.1) is 20.8 Å². The highest BCUT2D eigenvalue weighted by atomic mass is 16.5. The van der Waals surface area contributed by atoms with Gasteiger partial charge in [0.25, 0.3) is 0 Å². The van der Waals surface area contributed by atoms with E-state index in [1.807, 2.05) is 0 Å². The van der Waals surface area contributed by atoms with Crippen LogP contribution in [0.4, 0.5) is 0 Å². The van der Waals surface area contributed by atoms with Crippen molar-refractivity contribution in [3.8, 4) is 5.75 Å². The molecule has 1 aliphatic heterocycles. The number of hydrogen-bond acceptors (Lipinski definition) is 4. The standard InChI is InChI=1S/C25H33NO3/c1-17-7-8-21(16-25(17)28-5)15-24-23-14-19(3)18(2)13-22(23)9-11-26(24)10-6-12-29-20(4)27/h7-8,13-14,16,24H,6,9-12,15H2,1-5H3/t24-/m1/s1. The van der Waals surface area contributed by atoms with Gasteiger partial charge in [-0.1, -0.05) is 24.3 Å². The molecule has 0 saturated heterocycles. The molecule has 4 nitrogen and oxygen atoms in total. The summed E-state index contributed by atoms with van der Waals surface area (Å²) in [4.78, 5) is 13.6. The molecule has 0 unspecified atom stereocenters. The van der Waals surface area contributed by atoms with Crippen LogP contribution in [0.2, 0.25) is 0 Å². The maximum Gasteiger partial charge on any atom is 0.302 e. The Labute approximate surface area is 174 Å². The fourth-order valence-corrected chi connectivity index (χ4v) is 4.25. The number of carbonyl (C=O) groups excluding carboxylic acids is 1. The van der Waals surface area contributed by atoms with Gasteiger partial charge in [-0.05, 0) is 79.5 Å². The summed E-state index contributed by atoms with van der Waals surface area (Å²) in [5.74, 6) is 0.739. The fourth-order valence-electron chi connectivity index (χ4n) is 4.25. The third-order valence-corrected chi connectivity index (χ3v) is 6.02. The van der Waals surface area contributed by atoms with Crippen LogP contribution in [0.3, 0.4) is 0 Å². The highest BCUT2D eigenvalue weighted by Crippen LogP contribution is 2.35. The smallest absolute Gasteiger partial charge is 0.302 e. The monoisotopic (exact) mass is 395 g/mol. The molecule has 0 bridgehead atoms. The molecule has 0 fully saturated rings. The molecule has 4 heteroatoms. The first-order valence-electron chi connectivity index (χ1n) is 10.5. The van der Waals surface area contributed by atoms with Crippen molar-refractivity contribution in [2.24, 2.45) is 0 Å². The van der Waals surface area contributed by atoms with Gasteiger partial charge < -0.3 is 9.47 Å². The molecular formula is C25H33NO3. The summed E-state index contributed by atoms with van der Waals surface area (Å²) in [6.07, 6.45) is 2.87. The van der Waals surface area contributed by atoms with Crippen LogP contribution in [0.5, 0.6) is 5.75 Å². The largest absolute Gasteiger partial charge is 0.496 e. The summed E-state index contributed by atoms with van der Waals surface area (Å²) < 4.78 is 10.7. The second-order valence-corrected chi connectivity index (χ2v) is 8.14. The Morgan fingerprint density at radius 2 is 1.86 bits per heavy atom. The van der Waals surface area contributed by atoms with Crippen molar-refractivity contribution >= 4 is 5.97 Å². The van der Waals surface area contributed by atoms with Crippen LogP contribution >= 0.6 is 0 Å². The minimum atomic E-state index is -0.205. The summed E-state index contributed by atoms with van der Waals surface area (Å²) in [5.41, 5.74) is 8.05. The lowest BCUT2D eigenvalue weighted by Gasteiger charge is -2.38. The predicted molar refractivity (Wildman–Crippen MR) is 117 cm³/mol. The molecule has 0 spiro atoms. The molecule has 2 aromatic rings. The Balaban J connectivity index is 1.86. The molecule has 156 valence electrons. The molecule has 29 heavy (non-hydrogen) atoms. The lowest BCUT2D eigenvalue weighted by Crippen LogP contribution is -2.38. The number of rotatable bonds is 7. The van der Waals surface area contributed by atoms with E-state index in [0.29, 0.717) is 12.6 Å². The molecule has 0 amide bonds. The topological polar surface area (TPSA) is 38.8 Å². The van der Waals surface area contributed by atoms with Crippen molar-refractivity contribution in [1.82, 2.24) is 4.90 Å². The SMILES string of the molecule is COc1cc(C[C@@H]2c3cc(C)c(C)cc3CCN2CCCOC(C)=O)ccc1C. The first-order valence-corrected chi connectivity index (χ1v) is 10.5. The zero-order valence-corrected chi connectivity index (χ0v) is 18.4. The van der Waals surface area contributed by atoms with Crippen LogP contribution in [0.15, 0.2) is 30.3 Å². The second-order valence-electron chi connectivity index (χ2n) is 8.14. The Hall–Kier alpha value is -2.33. The molecule has 3 rings (SSSR count). The number of esters is 1. The van der Waals surface area contributed by atoms with E-state index in [9.17, 15) is 4.79 Å². The molecule has 0 aromatic heterocycles. The van der Waals surface area contributed by atoms with E-state index >= 15 is 0 Å². The number of ether oxygens (including phenoxy) is 2. The maximum atomic E-state index is 11.1. The van der Waals surface area contributed by atoms with E-state index in [1.54, 1.807) is 7.11 Å². The van der Waals surface area contributed by atoms with E-state index in [2.05, 4.69) is 56.0 Å². The van der Waals surface area contributed by atoms with Crippen molar-refractivity contribution in [2.75, 3.05) is 26.8 Å². The van der Waals surface area contributed by atoms with E-state index in [-0.39, 0.29) is 5.97 Å². The van der Waals surface area contributed by atoms with E-state index in [4.69, 9.17) is 9.47 Å². The first-order chi connectivity index (χ1) is 13.9. The number of fused-ring (bicyclic) bond motifs is 1. The second kappa shape index (κ2) is 9.45. The lowest BCUT2D eigenvalue weighted by atomic mass is 9.86. The van der Waals surface area contributed by atoms with Crippen LogP contribution < -0.4 is 4.74 Å². The summed E-state index contributed by atoms with van der Waals surface area (Å²) in [6, 6.07) is 11.6. The van der Waals surface area contributed by atoms with Gasteiger partial charge >= 0.3 is 5.97 Å². The molecule has 0 N–H and O–H groups in total. The van der Waals surface area contributed by atoms with E-state index < -0.39 is 0 Å². The van der Waals surface area contributed by atoms with Crippen molar-refractivity contribution in [3.63, 3.8) is 0 Å². The Kier molecular flexibility index (Phi) is 6.96. The molecule has 0 aliphatic carbocycles. The number of methoxy groups -OCH3 is 1. The number of nitrogens with zero attached hydrogens (tertiary/aromatic N) is 1. The van der Waals surface area contributed by atoms with Crippen molar-refractivity contribution in [2.45, 2.75) is 53.0 Å². The zero-order valence-electron chi connectivity index (χ0n) is 18.4. The van der Waals surface area contributed by atoms with Crippen molar-refractivity contribution < 1.29 is 14.3 Å². The Bertz CT molecular complexity index is 875. The quantitative estimate of drug-likeness (QED) is 0.502. The van der Waals surface area contributed by atoms with Gasteiger partial charge in [0, 0.05) is 26.1 Å². The zero-order chi connectivity index (χ0) is 21.0. The first kappa shape index (κ1) is 21.4. The molecule has 1 atom stereocenters. The number of aryl methyl sites for hydroxylation is 3. The van der Waals surface area contributed by atoms with Gasteiger partial charge in [-0.25, -0.2) is 0 Å². The van der Waals surface area contributed by atoms with Gasteiger partial charge in [-0.3, -0.25) is 9.69 Å². The van der Waals surface area contributed by atoms with Crippen LogP contribution in [-0.2, 0) is 22.4 Å². The molecule has 0 saturated carbocycles. The van der Waals surface area contributed by atoms with Gasteiger partial charge in [-0.15, -0.1) is 0 Å². The highest BCUT2D eigenvalue weighted by Gasteiger charge is 2.28. The lowest BCUT2D eigenvalue weighted by molar-refractivity contribution is -0.141. The minimum Gasteiger partial charge on any atom is -0.496 e. The Morgan fingerprint density at radius 3 is 2.59 bits per heavy atom.